The second kappa shape index (κ2) is 8.46. The van der Waals surface area contributed by atoms with Gasteiger partial charge in [-0.2, -0.15) is 0 Å². The highest BCUT2D eigenvalue weighted by Gasteiger charge is 2.21. The first kappa shape index (κ1) is 19.8. The van der Waals surface area contributed by atoms with Gasteiger partial charge in [-0.3, -0.25) is 9.52 Å². The molecule has 1 amide bonds. The van der Waals surface area contributed by atoms with Gasteiger partial charge in [0.15, 0.2) is 11.5 Å². The molecule has 30 heavy (non-hydrogen) atoms. The zero-order chi connectivity index (χ0) is 21.0. The molecular weight excluding hydrogens is 404 g/mol. The van der Waals surface area contributed by atoms with Gasteiger partial charge in [0.1, 0.15) is 12.7 Å². The number of carbonyl (C=O) groups excluding carboxylic acids is 1. The molecule has 154 valence electrons. The minimum Gasteiger partial charge on any atom is -0.486 e. The molecule has 4 rings (SSSR count). The standard InChI is InChI=1S/C22H20N2O5S/c25-22(23-14-18-15-28-20-11-4-5-12-21(20)29-18)16-7-6-8-17(13-16)24-30(26,27)19-9-2-1-3-10-19/h1-13,18,24H,14-15H2,(H,23,25)/t18-/m0/s1. The zero-order valence-corrected chi connectivity index (χ0v) is 16.8. The fraction of sp³-hybridized carbons (Fsp3) is 0.136. The van der Waals surface area contributed by atoms with E-state index in [-0.39, 0.29) is 23.5 Å². The molecule has 0 radical (unpaired) electrons. The van der Waals surface area contributed by atoms with Crippen molar-refractivity contribution >= 4 is 21.6 Å². The van der Waals surface area contributed by atoms with Crippen molar-refractivity contribution < 1.29 is 22.7 Å². The molecule has 0 aliphatic carbocycles. The fourth-order valence-electron chi connectivity index (χ4n) is 3.01. The summed E-state index contributed by atoms with van der Waals surface area (Å²) < 4.78 is 38.9. The van der Waals surface area contributed by atoms with Crippen molar-refractivity contribution in [2.75, 3.05) is 17.9 Å². The molecule has 1 aliphatic rings. The molecule has 0 aromatic heterocycles. The topological polar surface area (TPSA) is 93.7 Å². The average Bonchev–Trinajstić information content (AvgIpc) is 2.78. The smallest absolute Gasteiger partial charge is 0.261 e. The quantitative estimate of drug-likeness (QED) is 0.634. The molecule has 1 heterocycles. The van der Waals surface area contributed by atoms with E-state index in [1.54, 1.807) is 36.4 Å². The Bertz CT molecular complexity index is 1150. The van der Waals surface area contributed by atoms with Gasteiger partial charge in [0.05, 0.1) is 11.4 Å². The first-order chi connectivity index (χ1) is 14.5. The number of sulfonamides is 1. The van der Waals surface area contributed by atoms with Crippen molar-refractivity contribution in [1.82, 2.24) is 5.32 Å². The van der Waals surface area contributed by atoms with Gasteiger partial charge in [-0.15, -0.1) is 0 Å². The molecule has 0 bridgehead atoms. The number of carbonyl (C=O) groups is 1. The Hall–Kier alpha value is -3.52. The first-order valence-corrected chi connectivity index (χ1v) is 10.8. The Kier molecular flexibility index (Phi) is 5.58. The van der Waals surface area contributed by atoms with Gasteiger partial charge < -0.3 is 14.8 Å². The lowest BCUT2D eigenvalue weighted by molar-refractivity contribution is 0.0789. The number of anilines is 1. The van der Waals surface area contributed by atoms with E-state index in [2.05, 4.69) is 10.0 Å². The summed E-state index contributed by atoms with van der Waals surface area (Å²) in [6.07, 6.45) is -0.316. The summed E-state index contributed by atoms with van der Waals surface area (Å²) in [5.74, 6) is 0.983. The highest BCUT2D eigenvalue weighted by molar-refractivity contribution is 7.92. The van der Waals surface area contributed by atoms with E-state index in [9.17, 15) is 13.2 Å². The van der Waals surface area contributed by atoms with E-state index in [4.69, 9.17) is 9.47 Å². The second-order valence-corrected chi connectivity index (χ2v) is 8.39. The predicted molar refractivity (Wildman–Crippen MR) is 112 cm³/mol. The highest BCUT2D eigenvalue weighted by atomic mass is 32.2. The van der Waals surface area contributed by atoms with Gasteiger partial charge in [-0.1, -0.05) is 36.4 Å². The average molecular weight is 424 g/mol. The molecule has 0 fully saturated rings. The molecular formula is C22H20N2O5S. The van der Waals surface area contributed by atoms with Crippen LogP contribution in [-0.4, -0.2) is 33.6 Å². The number of hydrogen-bond acceptors (Lipinski definition) is 5. The highest BCUT2D eigenvalue weighted by Crippen LogP contribution is 2.30. The lowest BCUT2D eigenvalue weighted by atomic mass is 10.2. The molecule has 3 aromatic rings. The third kappa shape index (κ3) is 4.55. The van der Waals surface area contributed by atoms with Crippen molar-refractivity contribution in [3.63, 3.8) is 0 Å². The molecule has 0 saturated heterocycles. The summed E-state index contributed by atoms with van der Waals surface area (Å²) in [5, 5.41) is 2.80. The van der Waals surface area contributed by atoms with Crippen LogP contribution >= 0.6 is 0 Å². The van der Waals surface area contributed by atoms with E-state index in [0.717, 1.165) is 0 Å². The van der Waals surface area contributed by atoms with Gasteiger partial charge in [0.25, 0.3) is 15.9 Å². The van der Waals surface area contributed by atoms with E-state index in [0.29, 0.717) is 29.4 Å². The second-order valence-electron chi connectivity index (χ2n) is 6.71. The molecule has 1 atom stereocenters. The molecule has 3 aromatic carbocycles. The number of nitrogens with one attached hydrogen (secondary N) is 2. The molecule has 2 N–H and O–H groups in total. The van der Waals surface area contributed by atoms with Crippen molar-refractivity contribution in [1.29, 1.82) is 0 Å². The Balaban J connectivity index is 1.38. The number of para-hydroxylation sites is 2. The van der Waals surface area contributed by atoms with Crippen molar-refractivity contribution in [2.45, 2.75) is 11.0 Å². The SMILES string of the molecule is O=C(NC[C@H]1COc2ccccc2O1)c1cccc(NS(=O)(=O)c2ccccc2)c1. The fourth-order valence-corrected chi connectivity index (χ4v) is 4.08. The minimum absolute atomic E-state index is 0.148. The lowest BCUT2D eigenvalue weighted by Crippen LogP contribution is -2.40. The first-order valence-electron chi connectivity index (χ1n) is 9.36. The number of amides is 1. The van der Waals surface area contributed by atoms with Crippen LogP contribution in [0.1, 0.15) is 10.4 Å². The van der Waals surface area contributed by atoms with Crippen LogP contribution in [0.3, 0.4) is 0 Å². The van der Waals surface area contributed by atoms with E-state index >= 15 is 0 Å². The molecule has 0 spiro atoms. The van der Waals surface area contributed by atoms with Gasteiger partial charge in [0.2, 0.25) is 0 Å². The van der Waals surface area contributed by atoms with Crippen LogP contribution in [0.2, 0.25) is 0 Å². The summed E-state index contributed by atoms with van der Waals surface area (Å²) in [5.41, 5.74) is 0.637. The summed E-state index contributed by atoms with van der Waals surface area (Å²) >= 11 is 0. The van der Waals surface area contributed by atoms with Crippen LogP contribution in [0, 0.1) is 0 Å². The number of fused-ring (bicyclic) bond motifs is 1. The lowest BCUT2D eigenvalue weighted by Gasteiger charge is -2.26. The van der Waals surface area contributed by atoms with Gasteiger partial charge in [0, 0.05) is 11.3 Å². The monoisotopic (exact) mass is 424 g/mol. The number of rotatable bonds is 6. The third-order valence-electron chi connectivity index (χ3n) is 4.49. The van der Waals surface area contributed by atoms with Crippen LogP contribution in [0.15, 0.2) is 83.8 Å². The summed E-state index contributed by atoms with van der Waals surface area (Å²) in [6, 6.07) is 21.7. The molecule has 8 heteroatoms. The maximum Gasteiger partial charge on any atom is 0.261 e. The number of hydrogen-bond donors (Lipinski definition) is 2. The summed E-state index contributed by atoms with van der Waals surface area (Å²) in [7, 11) is -3.73. The van der Waals surface area contributed by atoms with E-state index in [1.165, 1.54) is 18.2 Å². The number of ether oxygens (including phenoxy) is 2. The molecule has 0 unspecified atom stereocenters. The Morgan fingerprint density at radius 1 is 0.933 bits per heavy atom. The van der Waals surface area contributed by atoms with E-state index < -0.39 is 10.0 Å². The van der Waals surface area contributed by atoms with Gasteiger partial charge in [-0.05, 0) is 42.5 Å². The maximum absolute atomic E-state index is 12.5. The Morgan fingerprint density at radius 2 is 1.67 bits per heavy atom. The molecule has 1 aliphatic heterocycles. The largest absolute Gasteiger partial charge is 0.486 e. The summed E-state index contributed by atoms with van der Waals surface area (Å²) in [6.45, 7) is 0.585. The maximum atomic E-state index is 12.5. The molecule has 7 nitrogen and oxygen atoms in total. The van der Waals surface area contributed by atoms with E-state index in [1.807, 2.05) is 24.3 Å². The molecule has 0 saturated carbocycles. The van der Waals surface area contributed by atoms with Gasteiger partial charge >= 0.3 is 0 Å². The van der Waals surface area contributed by atoms with Crippen LogP contribution in [0.4, 0.5) is 5.69 Å². The predicted octanol–water partition coefficient (Wildman–Crippen LogP) is 3.06. The van der Waals surface area contributed by atoms with Crippen LogP contribution in [0.5, 0.6) is 11.5 Å². The van der Waals surface area contributed by atoms with Crippen molar-refractivity contribution in [3.8, 4) is 11.5 Å². The van der Waals surface area contributed by atoms with Crippen molar-refractivity contribution in [3.05, 3.63) is 84.4 Å². The van der Waals surface area contributed by atoms with Crippen LogP contribution in [0.25, 0.3) is 0 Å². The number of benzene rings is 3. The van der Waals surface area contributed by atoms with Crippen LogP contribution in [-0.2, 0) is 10.0 Å². The Morgan fingerprint density at radius 3 is 2.47 bits per heavy atom. The summed E-state index contributed by atoms with van der Waals surface area (Å²) in [4.78, 5) is 12.7. The van der Waals surface area contributed by atoms with Crippen molar-refractivity contribution in [2.24, 2.45) is 0 Å². The van der Waals surface area contributed by atoms with Gasteiger partial charge in [-0.25, -0.2) is 8.42 Å². The third-order valence-corrected chi connectivity index (χ3v) is 5.89. The minimum atomic E-state index is -3.73. The Labute approximate surface area is 174 Å². The normalized spacial score (nSPS) is 15.3. The zero-order valence-electron chi connectivity index (χ0n) is 15.9. The van der Waals surface area contributed by atoms with Crippen LogP contribution < -0.4 is 19.5 Å².